The molecule has 0 unspecified atom stereocenters. The van der Waals surface area contributed by atoms with Crippen molar-refractivity contribution in [1.29, 1.82) is 0 Å². The maximum atomic E-state index is 9.38. The van der Waals surface area contributed by atoms with Gasteiger partial charge in [0.2, 0.25) is 0 Å². The van der Waals surface area contributed by atoms with Crippen molar-refractivity contribution >= 4 is 17.3 Å². The molecule has 2 N–H and O–H groups in total. The number of phenols is 1. The van der Waals surface area contributed by atoms with E-state index >= 15 is 0 Å². The van der Waals surface area contributed by atoms with E-state index in [2.05, 4.69) is 15.5 Å². The second-order valence-electron chi connectivity index (χ2n) is 4.50. The molecule has 0 fully saturated rings. The molecule has 1 aromatic heterocycles. The number of hydrogen-bond acceptors (Lipinski definition) is 4. The third kappa shape index (κ3) is 3.14. The van der Waals surface area contributed by atoms with Gasteiger partial charge in [-0.05, 0) is 42.0 Å². The number of nitrogens with one attached hydrogen (secondary N) is 1. The van der Waals surface area contributed by atoms with E-state index in [0.29, 0.717) is 11.6 Å². The lowest BCUT2D eigenvalue weighted by Crippen LogP contribution is -2.01. The fourth-order valence-electron chi connectivity index (χ4n) is 1.93. The minimum Gasteiger partial charge on any atom is -0.506 e. The summed E-state index contributed by atoms with van der Waals surface area (Å²) in [7, 11) is 0. The predicted molar refractivity (Wildman–Crippen MR) is 81.8 cm³/mol. The first kappa shape index (κ1) is 13.5. The standard InChI is InChI=1S/C15H13ClN4O/c16-14-9-11(1-6-15(14)21)10-17-12-2-4-13(5-3-12)20-18-7-8-19-20/h1-9,17,21H,10H2. The first-order chi connectivity index (χ1) is 10.2. The van der Waals surface area contributed by atoms with E-state index < -0.39 is 0 Å². The average Bonchev–Trinajstić information content (AvgIpc) is 3.03. The lowest BCUT2D eigenvalue weighted by Gasteiger charge is -2.08. The Labute approximate surface area is 126 Å². The van der Waals surface area contributed by atoms with Gasteiger partial charge in [-0.3, -0.25) is 0 Å². The van der Waals surface area contributed by atoms with Crippen LogP contribution in [0, 0.1) is 0 Å². The maximum Gasteiger partial charge on any atom is 0.134 e. The van der Waals surface area contributed by atoms with E-state index in [1.165, 1.54) is 0 Å². The minimum atomic E-state index is 0.0940. The van der Waals surface area contributed by atoms with Crippen molar-refractivity contribution in [2.45, 2.75) is 6.54 Å². The van der Waals surface area contributed by atoms with Gasteiger partial charge in [-0.15, -0.1) is 0 Å². The Balaban J connectivity index is 1.66. The Morgan fingerprint density at radius 2 is 1.76 bits per heavy atom. The zero-order valence-electron chi connectivity index (χ0n) is 11.1. The van der Waals surface area contributed by atoms with Gasteiger partial charge in [0.25, 0.3) is 0 Å². The quantitative estimate of drug-likeness (QED) is 0.776. The smallest absolute Gasteiger partial charge is 0.134 e. The molecule has 0 aliphatic carbocycles. The van der Waals surface area contributed by atoms with E-state index in [0.717, 1.165) is 16.9 Å². The van der Waals surface area contributed by atoms with Crippen molar-refractivity contribution in [2.75, 3.05) is 5.32 Å². The van der Waals surface area contributed by atoms with Gasteiger partial charge in [-0.1, -0.05) is 17.7 Å². The van der Waals surface area contributed by atoms with Crippen molar-refractivity contribution in [3.8, 4) is 11.4 Å². The van der Waals surface area contributed by atoms with Crippen molar-refractivity contribution < 1.29 is 5.11 Å². The van der Waals surface area contributed by atoms with Crippen LogP contribution in [0.1, 0.15) is 5.56 Å². The van der Waals surface area contributed by atoms with Crippen LogP contribution in [-0.2, 0) is 6.54 Å². The molecule has 6 heteroatoms. The molecule has 3 rings (SSSR count). The Kier molecular flexibility index (Phi) is 3.75. The predicted octanol–water partition coefficient (Wildman–Crippen LogP) is 3.24. The summed E-state index contributed by atoms with van der Waals surface area (Å²) >= 11 is 5.88. The van der Waals surface area contributed by atoms with Gasteiger partial charge < -0.3 is 10.4 Å². The first-order valence-electron chi connectivity index (χ1n) is 6.40. The number of nitrogens with zero attached hydrogens (tertiary/aromatic N) is 3. The largest absolute Gasteiger partial charge is 0.506 e. The molecule has 0 atom stereocenters. The summed E-state index contributed by atoms with van der Waals surface area (Å²) in [5.41, 5.74) is 2.88. The number of anilines is 1. The maximum absolute atomic E-state index is 9.38. The zero-order chi connectivity index (χ0) is 14.7. The van der Waals surface area contributed by atoms with Gasteiger partial charge in [-0.25, -0.2) is 0 Å². The molecule has 2 aromatic carbocycles. The summed E-state index contributed by atoms with van der Waals surface area (Å²) in [6.45, 7) is 0.624. The van der Waals surface area contributed by atoms with Crippen molar-refractivity contribution in [1.82, 2.24) is 15.0 Å². The Morgan fingerprint density at radius 1 is 1.05 bits per heavy atom. The summed E-state index contributed by atoms with van der Waals surface area (Å²) < 4.78 is 0. The van der Waals surface area contributed by atoms with Crippen LogP contribution < -0.4 is 5.32 Å². The molecule has 0 saturated carbocycles. The molecule has 0 amide bonds. The minimum absolute atomic E-state index is 0.0940. The number of benzene rings is 2. The molecule has 0 aliphatic heterocycles. The topological polar surface area (TPSA) is 63.0 Å². The molecule has 0 aliphatic rings. The van der Waals surface area contributed by atoms with E-state index in [1.54, 1.807) is 29.3 Å². The average molecular weight is 301 g/mol. The molecule has 5 nitrogen and oxygen atoms in total. The van der Waals surface area contributed by atoms with Crippen LogP contribution in [0.2, 0.25) is 5.02 Å². The van der Waals surface area contributed by atoms with Crippen LogP contribution in [0.4, 0.5) is 5.69 Å². The molecular weight excluding hydrogens is 288 g/mol. The third-order valence-corrected chi connectivity index (χ3v) is 3.33. The van der Waals surface area contributed by atoms with E-state index in [9.17, 15) is 5.11 Å². The highest BCUT2D eigenvalue weighted by molar-refractivity contribution is 6.32. The van der Waals surface area contributed by atoms with Crippen LogP contribution in [0.15, 0.2) is 54.9 Å². The van der Waals surface area contributed by atoms with Crippen LogP contribution in [0.25, 0.3) is 5.69 Å². The zero-order valence-corrected chi connectivity index (χ0v) is 11.8. The lowest BCUT2D eigenvalue weighted by molar-refractivity contribution is 0.475. The first-order valence-corrected chi connectivity index (χ1v) is 6.78. The third-order valence-electron chi connectivity index (χ3n) is 3.03. The molecule has 0 spiro atoms. The monoisotopic (exact) mass is 300 g/mol. The Morgan fingerprint density at radius 3 is 2.43 bits per heavy atom. The molecular formula is C15H13ClN4O. The number of rotatable bonds is 4. The lowest BCUT2D eigenvalue weighted by atomic mass is 10.2. The molecule has 1 heterocycles. The Bertz CT molecular complexity index is 726. The Hall–Kier alpha value is -2.53. The molecule has 106 valence electrons. The molecule has 21 heavy (non-hydrogen) atoms. The van der Waals surface area contributed by atoms with Gasteiger partial charge in [0.05, 0.1) is 23.1 Å². The molecule has 0 bridgehead atoms. The highest BCUT2D eigenvalue weighted by Gasteiger charge is 2.01. The van der Waals surface area contributed by atoms with Gasteiger partial charge in [0.1, 0.15) is 5.75 Å². The molecule has 3 aromatic rings. The van der Waals surface area contributed by atoms with Gasteiger partial charge in [0, 0.05) is 12.2 Å². The van der Waals surface area contributed by atoms with Crippen LogP contribution in [0.3, 0.4) is 0 Å². The normalized spacial score (nSPS) is 10.5. The number of halogens is 1. The summed E-state index contributed by atoms with van der Waals surface area (Å²) in [6, 6.07) is 13.0. The van der Waals surface area contributed by atoms with E-state index in [1.807, 2.05) is 30.3 Å². The van der Waals surface area contributed by atoms with Gasteiger partial charge in [0.15, 0.2) is 0 Å². The van der Waals surface area contributed by atoms with E-state index in [4.69, 9.17) is 11.6 Å². The summed E-state index contributed by atoms with van der Waals surface area (Å²) in [5, 5.41) is 21.2. The van der Waals surface area contributed by atoms with Gasteiger partial charge >= 0.3 is 0 Å². The second-order valence-corrected chi connectivity index (χ2v) is 4.91. The van der Waals surface area contributed by atoms with Crippen LogP contribution in [0.5, 0.6) is 5.75 Å². The molecule has 0 saturated heterocycles. The number of aromatic nitrogens is 3. The van der Waals surface area contributed by atoms with E-state index in [-0.39, 0.29) is 5.75 Å². The summed E-state index contributed by atoms with van der Waals surface area (Å²) in [6.07, 6.45) is 3.28. The number of phenolic OH excluding ortho intramolecular Hbond substituents is 1. The summed E-state index contributed by atoms with van der Waals surface area (Å²) in [5.74, 6) is 0.0940. The van der Waals surface area contributed by atoms with Gasteiger partial charge in [-0.2, -0.15) is 15.0 Å². The molecule has 0 radical (unpaired) electrons. The number of hydrogen-bond donors (Lipinski definition) is 2. The SMILES string of the molecule is Oc1ccc(CNc2ccc(-n3nccn3)cc2)cc1Cl. The van der Waals surface area contributed by atoms with Crippen molar-refractivity contribution in [3.63, 3.8) is 0 Å². The fraction of sp³-hybridized carbons (Fsp3) is 0.0667. The van der Waals surface area contributed by atoms with Crippen molar-refractivity contribution in [2.24, 2.45) is 0 Å². The van der Waals surface area contributed by atoms with Crippen molar-refractivity contribution in [3.05, 3.63) is 65.4 Å². The fourth-order valence-corrected chi connectivity index (χ4v) is 2.13. The van der Waals surface area contributed by atoms with Crippen LogP contribution in [-0.4, -0.2) is 20.1 Å². The summed E-state index contributed by atoms with van der Waals surface area (Å²) in [4.78, 5) is 1.56. The second kappa shape index (κ2) is 5.85. The van der Waals surface area contributed by atoms with Crippen LogP contribution >= 0.6 is 11.6 Å². The number of aromatic hydroxyl groups is 1. The highest BCUT2D eigenvalue weighted by atomic mass is 35.5. The highest BCUT2D eigenvalue weighted by Crippen LogP contribution is 2.24.